The molecule has 0 aliphatic heterocycles. The quantitative estimate of drug-likeness (QED) is 0.867. The Balaban J connectivity index is 2.21. The standard InChI is InChI=1S/C15H12ClNO2/c1-10-3-2-4-11(7-10)15(19)17-13-5-6-14(16)12(8-13)9-18/h2-9H,1H3,(H,17,19). The minimum Gasteiger partial charge on any atom is -0.322 e. The molecule has 0 aliphatic rings. The van der Waals surface area contributed by atoms with Crippen LogP contribution in [0.2, 0.25) is 5.02 Å². The zero-order valence-electron chi connectivity index (χ0n) is 10.3. The van der Waals surface area contributed by atoms with E-state index in [1.165, 1.54) is 0 Å². The number of rotatable bonds is 3. The van der Waals surface area contributed by atoms with Gasteiger partial charge in [-0.05, 0) is 37.3 Å². The average molecular weight is 274 g/mol. The van der Waals surface area contributed by atoms with E-state index in [1.807, 2.05) is 19.1 Å². The Labute approximate surface area is 116 Å². The van der Waals surface area contributed by atoms with Crippen molar-refractivity contribution in [3.05, 3.63) is 64.2 Å². The van der Waals surface area contributed by atoms with Crippen molar-refractivity contribution in [1.82, 2.24) is 0 Å². The van der Waals surface area contributed by atoms with Crippen molar-refractivity contribution in [2.24, 2.45) is 0 Å². The van der Waals surface area contributed by atoms with Crippen molar-refractivity contribution in [1.29, 1.82) is 0 Å². The predicted molar refractivity (Wildman–Crippen MR) is 76.0 cm³/mol. The zero-order chi connectivity index (χ0) is 13.8. The van der Waals surface area contributed by atoms with Gasteiger partial charge in [0.15, 0.2) is 6.29 Å². The Morgan fingerprint density at radius 1 is 1.21 bits per heavy atom. The maximum Gasteiger partial charge on any atom is 0.255 e. The molecule has 0 atom stereocenters. The molecule has 4 heteroatoms. The number of hydrogen-bond donors (Lipinski definition) is 1. The van der Waals surface area contributed by atoms with Crippen LogP contribution in [0.15, 0.2) is 42.5 Å². The summed E-state index contributed by atoms with van der Waals surface area (Å²) in [5, 5.41) is 3.10. The average Bonchev–Trinajstić information content (AvgIpc) is 2.41. The molecule has 0 radical (unpaired) electrons. The van der Waals surface area contributed by atoms with Crippen molar-refractivity contribution in [2.45, 2.75) is 6.92 Å². The number of carbonyl (C=O) groups is 2. The molecule has 2 rings (SSSR count). The van der Waals surface area contributed by atoms with Gasteiger partial charge >= 0.3 is 0 Å². The van der Waals surface area contributed by atoms with E-state index in [-0.39, 0.29) is 5.91 Å². The number of aryl methyl sites for hydroxylation is 1. The summed E-state index contributed by atoms with van der Waals surface area (Å²) < 4.78 is 0. The molecule has 0 unspecified atom stereocenters. The van der Waals surface area contributed by atoms with Gasteiger partial charge in [0.25, 0.3) is 5.91 Å². The van der Waals surface area contributed by atoms with Crippen molar-refractivity contribution >= 4 is 29.5 Å². The Bertz CT molecular complexity index is 638. The molecule has 1 N–H and O–H groups in total. The van der Waals surface area contributed by atoms with Crippen LogP contribution in [0.5, 0.6) is 0 Å². The number of nitrogens with one attached hydrogen (secondary N) is 1. The van der Waals surface area contributed by atoms with Crippen LogP contribution in [0.1, 0.15) is 26.3 Å². The molecule has 2 aromatic carbocycles. The van der Waals surface area contributed by atoms with Gasteiger partial charge < -0.3 is 5.32 Å². The maximum absolute atomic E-state index is 12.0. The van der Waals surface area contributed by atoms with Gasteiger partial charge in [0, 0.05) is 16.8 Å². The molecule has 0 fully saturated rings. The number of aldehydes is 1. The van der Waals surface area contributed by atoms with Crippen molar-refractivity contribution in [2.75, 3.05) is 5.32 Å². The van der Waals surface area contributed by atoms with Crippen LogP contribution in [0, 0.1) is 6.92 Å². The molecule has 0 saturated heterocycles. The van der Waals surface area contributed by atoms with Gasteiger partial charge in [-0.2, -0.15) is 0 Å². The fraction of sp³-hybridized carbons (Fsp3) is 0.0667. The molecular formula is C15H12ClNO2. The van der Waals surface area contributed by atoms with Gasteiger partial charge in [-0.15, -0.1) is 0 Å². The van der Waals surface area contributed by atoms with Gasteiger partial charge in [-0.1, -0.05) is 29.3 Å². The van der Waals surface area contributed by atoms with Crippen LogP contribution in [-0.4, -0.2) is 12.2 Å². The lowest BCUT2D eigenvalue weighted by molar-refractivity contribution is 0.102. The lowest BCUT2D eigenvalue weighted by atomic mass is 10.1. The first-order chi connectivity index (χ1) is 9.10. The van der Waals surface area contributed by atoms with Crippen molar-refractivity contribution in [3.8, 4) is 0 Å². The van der Waals surface area contributed by atoms with Crippen molar-refractivity contribution < 1.29 is 9.59 Å². The molecule has 3 nitrogen and oxygen atoms in total. The normalized spacial score (nSPS) is 10.0. The van der Waals surface area contributed by atoms with Crippen LogP contribution >= 0.6 is 11.6 Å². The summed E-state index contributed by atoms with van der Waals surface area (Å²) in [4.78, 5) is 22.8. The monoisotopic (exact) mass is 273 g/mol. The summed E-state index contributed by atoms with van der Waals surface area (Å²) >= 11 is 5.83. The second kappa shape index (κ2) is 5.67. The van der Waals surface area contributed by atoms with Gasteiger partial charge in [-0.3, -0.25) is 9.59 Å². The number of hydrogen-bond acceptors (Lipinski definition) is 2. The summed E-state index contributed by atoms with van der Waals surface area (Å²) in [6, 6.07) is 12.1. The van der Waals surface area contributed by atoms with Crippen LogP contribution in [0.3, 0.4) is 0 Å². The Morgan fingerprint density at radius 3 is 2.68 bits per heavy atom. The fourth-order valence-electron chi connectivity index (χ4n) is 1.70. The highest BCUT2D eigenvalue weighted by atomic mass is 35.5. The number of benzene rings is 2. The second-order valence-corrected chi connectivity index (χ2v) is 4.58. The Kier molecular flexibility index (Phi) is 3.97. The molecule has 0 aliphatic carbocycles. The number of amides is 1. The lowest BCUT2D eigenvalue weighted by Gasteiger charge is -2.07. The minimum absolute atomic E-state index is 0.220. The third kappa shape index (κ3) is 3.20. The molecule has 96 valence electrons. The molecule has 0 aromatic heterocycles. The van der Waals surface area contributed by atoms with E-state index in [0.717, 1.165) is 5.56 Å². The maximum atomic E-state index is 12.0. The highest BCUT2D eigenvalue weighted by molar-refractivity contribution is 6.33. The number of halogens is 1. The molecule has 0 bridgehead atoms. The molecule has 1 amide bonds. The third-order valence-electron chi connectivity index (χ3n) is 2.66. The third-order valence-corrected chi connectivity index (χ3v) is 3.01. The van der Waals surface area contributed by atoms with Crippen LogP contribution < -0.4 is 5.32 Å². The molecule has 2 aromatic rings. The van der Waals surface area contributed by atoms with E-state index in [0.29, 0.717) is 28.1 Å². The van der Waals surface area contributed by atoms with Gasteiger partial charge in [-0.25, -0.2) is 0 Å². The molecular weight excluding hydrogens is 262 g/mol. The first-order valence-electron chi connectivity index (χ1n) is 5.73. The van der Waals surface area contributed by atoms with Crippen LogP contribution in [0.4, 0.5) is 5.69 Å². The molecule has 19 heavy (non-hydrogen) atoms. The van der Waals surface area contributed by atoms with E-state index >= 15 is 0 Å². The first-order valence-corrected chi connectivity index (χ1v) is 6.10. The lowest BCUT2D eigenvalue weighted by Crippen LogP contribution is -2.12. The van der Waals surface area contributed by atoms with Crippen LogP contribution in [-0.2, 0) is 0 Å². The molecule has 0 saturated carbocycles. The summed E-state index contributed by atoms with van der Waals surface area (Å²) in [7, 11) is 0. The number of carbonyl (C=O) groups excluding carboxylic acids is 2. The van der Waals surface area contributed by atoms with E-state index in [1.54, 1.807) is 30.3 Å². The Morgan fingerprint density at radius 2 is 2.00 bits per heavy atom. The van der Waals surface area contributed by atoms with E-state index in [4.69, 9.17) is 11.6 Å². The van der Waals surface area contributed by atoms with E-state index in [2.05, 4.69) is 5.32 Å². The smallest absolute Gasteiger partial charge is 0.255 e. The van der Waals surface area contributed by atoms with Crippen LogP contribution in [0.25, 0.3) is 0 Å². The SMILES string of the molecule is Cc1cccc(C(=O)Nc2ccc(Cl)c(C=O)c2)c1. The van der Waals surface area contributed by atoms with E-state index < -0.39 is 0 Å². The zero-order valence-corrected chi connectivity index (χ0v) is 11.1. The second-order valence-electron chi connectivity index (χ2n) is 4.18. The Hall–Kier alpha value is -2.13. The highest BCUT2D eigenvalue weighted by Crippen LogP contribution is 2.19. The van der Waals surface area contributed by atoms with Gasteiger partial charge in [0.2, 0.25) is 0 Å². The predicted octanol–water partition coefficient (Wildman–Crippen LogP) is 3.71. The van der Waals surface area contributed by atoms with E-state index in [9.17, 15) is 9.59 Å². The topological polar surface area (TPSA) is 46.2 Å². The first kappa shape index (κ1) is 13.3. The summed E-state index contributed by atoms with van der Waals surface area (Å²) in [6.45, 7) is 1.92. The minimum atomic E-state index is -0.220. The summed E-state index contributed by atoms with van der Waals surface area (Å²) in [6.07, 6.45) is 0.657. The fourth-order valence-corrected chi connectivity index (χ4v) is 1.86. The largest absolute Gasteiger partial charge is 0.322 e. The highest BCUT2D eigenvalue weighted by Gasteiger charge is 2.07. The van der Waals surface area contributed by atoms with Gasteiger partial charge in [0.1, 0.15) is 0 Å². The van der Waals surface area contributed by atoms with Gasteiger partial charge in [0.05, 0.1) is 5.02 Å². The summed E-state index contributed by atoms with van der Waals surface area (Å²) in [5.74, 6) is -0.220. The number of anilines is 1. The molecule has 0 heterocycles. The molecule has 0 spiro atoms. The summed E-state index contributed by atoms with van der Waals surface area (Å²) in [5.41, 5.74) is 2.47. The van der Waals surface area contributed by atoms with Crippen molar-refractivity contribution in [3.63, 3.8) is 0 Å².